The summed E-state index contributed by atoms with van der Waals surface area (Å²) in [6.07, 6.45) is -0.380. The van der Waals surface area contributed by atoms with Crippen molar-refractivity contribution < 1.29 is 9.90 Å². The molecule has 2 aromatic carbocycles. The van der Waals surface area contributed by atoms with Gasteiger partial charge in [-0.1, -0.05) is 36.4 Å². The van der Waals surface area contributed by atoms with Crippen LogP contribution in [-0.2, 0) is 0 Å². The molecule has 21 heavy (non-hydrogen) atoms. The smallest absolute Gasteiger partial charge is 0.319 e. The number of rotatable bonds is 6. The van der Waals surface area contributed by atoms with Gasteiger partial charge >= 0.3 is 6.03 Å². The van der Waals surface area contributed by atoms with Crippen LogP contribution in [0.3, 0.4) is 0 Å². The molecule has 5 heteroatoms. The van der Waals surface area contributed by atoms with E-state index in [0.717, 1.165) is 16.5 Å². The third kappa shape index (κ3) is 4.73. The van der Waals surface area contributed by atoms with Crippen molar-refractivity contribution in [2.24, 2.45) is 0 Å². The molecule has 2 aromatic rings. The van der Waals surface area contributed by atoms with Crippen LogP contribution in [0.15, 0.2) is 42.5 Å². The number of fused-ring (bicyclic) bond motifs is 1. The van der Waals surface area contributed by atoms with Crippen LogP contribution >= 0.6 is 0 Å². The molecule has 1 atom stereocenters. The molecule has 0 aliphatic rings. The van der Waals surface area contributed by atoms with Crippen LogP contribution in [0.4, 0.5) is 10.5 Å². The lowest BCUT2D eigenvalue weighted by Gasteiger charge is -2.11. The van der Waals surface area contributed by atoms with Crippen molar-refractivity contribution in [1.82, 2.24) is 10.6 Å². The summed E-state index contributed by atoms with van der Waals surface area (Å²) in [6.45, 7) is 3.36. The fourth-order valence-corrected chi connectivity index (χ4v) is 2.08. The molecular formula is C16H21N3O2. The number of urea groups is 1. The zero-order valence-corrected chi connectivity index (χ0v) is 12.1. The first-order chi connectivity index (χ1) is 10.2. The first-order valence-electron chi connectivity index (χ1n) is 7.08. The Morgan fingerprint density at radius 3 is 2.71 bits per heavy atom. The Hall–Kier alpha value is -2.11. The van der Waals surface area contributed by atoms with E-state index in [9.17, 15) is 4.79 Å². The van der Waals surface area contributed by atoms with E-state index in [1.165, 1.54) is 0 Å². The maximum atomic E-state index is 11.9. The Labute approximate surface area is 124 Å². The normalized spacial score (nSPS) is 12.1. The van der Waals surface area contributed by atoms with Gasteiger partial charge in [0, 0.05) is 25.0 Å². The van der Waals surface area contributed by atoms with Gasteiger partial charge in [0.1, 0.15) is 0 Å². The number of carbonyl (C=O) groups excluding carboxylic acids is 1. The fourth-order valence-electron chi connectivity index (χ4n) is 2.08. The Morgan fingerprint density at radius 2 is 1.90 bits per heavy atom. The fraction of sp³-hybridized carbons (Fsp3) is 0.312. The van der Waals surface area contributed by atoms with Crippen molar-refractivity contribution in [1.29, 1.82) is 0 Å². The second-order valence-corrected chi connectivity index (χ2v) is 4.96. The van der Waals surface area contributed by atoms with Crippen molar-refractivity contribution >= 4 is 22.5 Å². The van der Waals surface area contributed by atoms with E-state index >= 15 is 0 Å². The van der Waals surface area contributed by atoms with E-state index in [-0.39, 0.29) is 12.1 Å². The topological polar surface area (TPSA) is 73.4 Å². The highest BCUT2D eigenvalue weighted by atomic mass is 16.3. The van der Waals surface area contributed by atoms with Crippen molar-refractivity contribution in [3.8, 4) is 0 Å². The third-order valence-corrected chi connectivity index (χ3v) is 3.06. The molecular weight excluding hydrogens is 266 g/mol. The van der Waals surface area contributed by atoms with E-state index in [1.807, 2.05) is 42.5 Å². The van der Waals surface area contributed by atoms with E-state index in [1.54, 1.807) is 6.92 Å². The van der Waals surface area contributed by atoms with Gasteiger partial charge in [0.25, 0.3) is 0 Å². The predicted octanol–water partition coefficient (Wildman–Crippen LogP) is 1.93. The number of nitrogens with one attached hydrogen (secondary N) is 3. The zero-order chi connectivity index (χ0) is 15.1. The van der Waals surface area contributed by atoms with E-state index in [2.05, 4.69) is 16.0 Å². The largest absolute Gasteiger partial charge is 0.392 e. The first kappa shape index (κ1) is 15.3. The summed E-state index contributed by atoms with van der Waals surface area (Å²) < 4.78 is 0. The molecule has 2 rings (SSSR count). The SMILES string of the molecule is CC(O)CNCCNC(=O)Nc1cccc2ccccc12. The van der Waals surface area contributed by atoms with E-state index < -0.39 is 0 Å². The molecule has 0 fully saturated rings. The summed E-state index contributed by atoms with van der Waals surface area (Å²) in [4.78, 5) is 11.9. The van der Waals surface area contributed by atoms with Crippen LogP contribution in [0.25, 0.3) is 10.8 Å². The van der Waals surface area contributed by atoms with Crippen molar-refractivity contribution in [2.45, 2.75) is 13.0 Å². The molecule has 5 nitrogen and oxygen atoms in total. The highest BCUT2D eigenvalue weighted by Gasteiger charge is 2.04. The lowest BCUT2D eigenvalue weighted by molar-refractivity contribution is 0.191. The molecule has 0 aliphatic heterocycles. The van der Waals surface area contributed by atoms with Gasteiger partial charge in [0.15, 0.2) is 0 Å². The molecule has 4 N–H and O–H groups in total. The number of amides is 2. The Bertz CT molecular complexity index is 594. The van der Waals surface area contributed by atoms with Gasteiger partial charge in [-0.15, -0.1) is 0 Å². The Balaban J connectivity index is 1.84. The van der Waals surface area contributed by atoms with Crippen molar-refractivity contribution in [3.05, 3.63) is 42.5 Å². The number of hydrogen-bond donors (Lipinski definition) is 4. The monoisotopic (exact) mass is 287 g/mol. The quantitative estimate of drug-likeness (QED) is 0.613. The van der Waals surface area contributed by atoms with Gasteiger partial charge in [-0.05, 0) is 18.4 Å². The number of aliphatic hydroxyl groups excluding tert-OH is 1. The van der Waals surface area contributed by atoms with Crippen molar-refractivity contribution in [2.75, 3.05) is 25.0 Å². The van der Waals surface area contributed by atoms with Gasteiger partial charge in [0.05, 0.1) is 11.8 Å². The molecule has 0 bridgehead atoms. The molecule has 0 saturated carbocycles. The molecule has 0 heterocycles. The van der Waals surface area contributed by atoms with Crippen LogP contribution < -0.4 is 16.0 Å². The highest BCUT2D eigenvalue weighted by Crippen LogP contribution is 2.22. The molecule has 0 spiro atoms. The van der Waals surface area contributed by atoms with Gasteiger partial charge in [-0.25, -0.2) is 4.79 Å². The maximum absolute atomic E-state index is 11.9. The van der Waals surface area contributed by atoms with Crippen LogP contribution in [0.2, 0.25) is 0 Å². The summed E-state index contributed by atoms with van der Waals surface area (Å²) in [5, 5.41) is 19.9. The Morgan fingerprint density at radius 1 is 1.14 bits per heavy atom. The number of hydrogen-bond acceptors (Lipinski definition) is 3. The summed E-state index contributed by atoms with van der Waals surface area (Å²) in [5.74, 6) is 0. The zero-order valence-electron chi connectivity index (χ0n) is 12.1. The molecule has 0 radical (unpaired) electrons. The lowest BCUT2D eigenvalue weighted by atomic mass is 10.1. The number of aliphatic hydroxyl groups is 1. The molecule has 0 saturated heterocycles. The minimum absolute atomic E-state index is 0.231. The number of anilines is 1. The number of carbonyl (C=O) groups is 1. The summed E-state index contributed by atoms with van der Waals surface area (Å²) >= 11 is 0. The highest BCUT2D eigenvalue weighted by molar-refractivity contribution is 6.01. The maximum Gasteiger partial charge on any atom is 0.319 e. The van der Waals surface area contributed by atoms with Gasteiger partial charge in [0.2, 0.25) is 0 Å². The average molecular weight is 287 g/mol. The van der Waals surface area contributed by atoms with Crippen LogP contribution in [-0.4, -0.2) is 36.9 Å². The van der Waals surface area contributed by atoms with Crippen molar-refractivity contribution in [3.63, 3.8) is 0 Å². The second kappa shape index (κ2) is 7.61. The van der Waals surface area contributed by atoms with Gasteiger partial charge in [-0.2, -0.15) is 0 Å². The van der Waals surface area contributed by atoms with Crippen LogP contribution in [0, 0.1) is 0 Å². The summed E-state index contributed by atoms with van der Waals surface area (Å²) in [6, 6.07) is 13.5. The van der Waals surface area contributed by atoms with Crippen LogP contribution in [0.1, 0.15) is 6.92 Å². The molecule has 0 aromatic heterocycles. The first-order valence-corrected chi connectivity index (χ1v) is 7.08. The predicted molar refractivity (Wildman–Crippen MR) is 85.5 cm³/mol. The summed E-state index contributed by atoms with van der Waals surface area (Å²) in [5.41, 5.74) is 0.794. The Kier molecular flexibility index (Phi) is 5.54. The number of benzene rings is 2. The molecule has 112 valence electrons. The molecule has 2 amide bonds. The third-order valence-electron chi connectivity index (χ3n) is 3.06. The lowest BCUT2D eigenvalue weighted by Crippen LogP contribution is -2.36. The van der Waals surface area contributed by atoms with E-state index in [4.69, 9.17) is 5.11 Å². The van der Waals surface area contributed by atoms with Crippen LogP contribution in [0.5, 0.6) is 0 Å². The average Bonchev–Trinajstić information content (AvgIpc) is 2.47. The van der Waals surface area contributed by atoms with Gasteiger partial charge in [-0.3, -0.25) is 0 Å². The second-order valence-electron chi connectivity index (χ2n) is 4.96. The summed E-state index contributed by atoms with van der Waals surface area (Å²) in [7, 11) is 0. The molecule has 0 aliphatic carbocycles. The molecule has 1 unspecified atom stereocenters. The van der Waals surface area contributed by atoms with Gasteiger partial charge < -0.3 is 21.1 Å². The van der Waals surface area contributed by atoms with E-state index in [0.29, 0.717) is 19.6 Å². The standard InChI is InChI=1S/C16H21N3O2/c1-12(20)11-17-9-10-18-16(21)19-15-8-4-6-13-5-2-3-7-14(13)15/h2-8,12,17,20H,9-11H2,1H3,(H2,18,19,21). The minimum Gasteiger partial charge on any atom is -0.392 e. The minimum atomic E-state index is -0.380.